The molecular formula is C18H20ClN5O. The van der Waals surface area contributed by atoms with Gasteiger partial charge in [0.25, 0.3) is 0 Å². The molecule has 3 aromatic heterocycles. The Morgan fingerprint density at radius 3 is 2.96 bits per heavy atom. The van der Waals surface area contributed by atoms with E-state index in [0.717, 1.165) is 30.0 Å². The summed E-state index contributed by atoms with van der Waals surface area (Å²) in [5.41, 5.74) is 3.58. The molecule has 0 aliphatic rings. The standard InChI is InChI=1S/C18H20ClN5O/c1-13-12-14(2)24(22-13)11-5-9-20-17(25)8-7-15-18(19)21-16-6-3-4-10-23(15)16/h3-4,6-8,10,12H,5,9,11H2,1-2H3,(H,20,25)/b8-7+. The molecule has 130 valence electrons. The number of amides is 1. The highest BCUT2D eigenvalue weighted by Gasteiger charge is 2.07. The largest absolute Gasteiger partial charge is 0.352 e. The minimum atomic E-state index is -0.157. The Balaban J connectivity index is 1.53. The zero-order valence-corrected chi connectivity index (χ0v) is 15.0. The number of hydrogen-bond acceptors (Lipinski definition) is 3. The number of pyridine rings is 1. The van der Waals surface area contributed by atoms with Crippen molar-refractivity contribution in [2.75, 3.05) is 6.54 Å². The van der Waals surface area contributed by atoms with Crippen LogP contribution in [0.2, 0.25) is 5.15 Å². The van der Waals surface area contributed by atoms with Gasteiger partial charge in [-0.3, -0.25) is 13.9 Å². The highest BCUT2D eigenvalue weighted by Crippen LogP contribution is 2.18. The van der Waals surface area contributed by atoms with Crippen LogP contribution in [0, 0.1) is 13.8 Å². The van der Waals surface area contributed by atoms with E-state index >= 15 is 0 Å². The zero-order chi connectivity index (χ0) is 17.8. The zero-order valence-electron chi connectivity index (χ0n) is 14.2. The number of hydrogen-bond donors (Lipinski definition) is 1. The molecule has 0 aliphatic heterocycles. The van der Waals surface area contributed by atoms with Crippen LogP contribution in [0.4, 0.5) is 0 Å². The Morgan fingerprint density at radius 1 is 1.36 bits per heavy atom. The van der Waals surface area contributed by atoms with Crippen LogP contribution in [0.25, 0.3) is 11.7 Å². The number of halogens is 1. The van der Waals surface area contributed by atoms with Gasteiger partial charge in [0, 0.05) is 31.1 Å². The molecule has 0 unspecified atom stereocenters. The van der Waals surface area contributed by atoms with Crippen molar-refractivity contribution in [3.05, 3.63) is 58.8 Å². The van der Waals surface area contributed by atoms with Crippen molar-refractivity contribution >= 4 is 29.2 Å². The van der Waals surface area contributed by atoms with Crippen LogP contribution >= 0.6 is 11.6 Å². The summed E-state index contributed by atoms with van der Waals surface area (Å²) in [4.78, 5) is 16.2. The molecule has 3 heterocycles. The maximum Gasteiger partial charge on any atom is 0.244 e. The van der Waals surface area contributed by atoms with E-state index in [-0.39, 0.29) is 5.91 Å². The monoisotopic (exact) mass is 357 g/mol. The van der Waals surface area contributed by atoms with Gasteiger partial charge in [-0.25, -0.2) is 4.98 Å². The third-order valence-electron chi connectivity index (χ3n) is 3.86. The highest BCUT2D eigenvalue weighted by molar-refractivity contribution is 6.31. The van der Waals surface area contributed by atoms with E-state index in [2.05, 4.69) is 15.4 Å². The molecular weight excluding hydrogens is 338 g/mol. The van der Waals surface area contributed by atoms with Gasteiger partial charge < -0.3 is 5.32 Å². The van der Waals surface area contributed by atoms with E-state index in [1.807, 2.05) is 53.4 Å². The maximum atomic E-state index is 12.0. The van der Waals surface area contributed by atoms with Crippen LogP contribution < -0.4 is 5.32 Å². The summed E-state index contributed by atoms with van der Waals surface area (Å²) in [6, 6.07) is 7.69. The van der Waals surface area contributed by atoms with Crippen molar-refractivity contribution in [2.45, 2.75) is 26.8 Å². The van der Waals surface area contributed by atoms with Crippen molar-refractivity contribution < 1.29 is 4.79 Å². The van der Waals surface area contributed by atoms with Crippen LogP contribution in [0.5, 0.6) is 0 Å². The molecule has 3 aromatic rings. The molecule has 0 atom stereocenters. The minimum Gasteiger partial charge on any atom is -0.352 e. The number of carbonyl (C=O) groups excluding carboxylic acids is 1. The van der Waals surface area contributed by atoms with Gasteiger partial charge in [0.05, 0.1) is 11.4 Å². The second kappa shape index (κ2) is 7.53. The third kappa shape index (κ3) is 4.09. The van der Waals surface area contributed by atoms with Gasteiger partial charge in [-0.1, -0.05) is 17.7 Å². The number of nitrogens with one attached hydrogen (secondary N) is 1. The van der Waals surface area contributed by atoms with Gasteiger partial charge in [-0.05, 0) is 44.5 Å². The van der Waals surface area contributed by atoms with Crippen LogP contribution in [0.1, 0.15) is 23.5 Å². The predicted octanol–water partition coefficient (Wildman–Crippen LogP) is 3.02. The topological polar surface area (TPSA) is 64.2 Å². The molecule has 0 spiro atoms. The molecule has 1 N–H and O–H groups in total. The molecule has 0 fully saturated rings. The first-order valence-electron chi connectivity index (χ1n) is 8.14. The second-order valence-electron chi connectivity index (χ2n) is 5.84. The fourth-order valence-electron chi connectivity index (χ4n) is 2.69. The lowest BCUT2D eigenvalue weighted by Crippen LogP contribution is -2.23. The lowest BCUT2D eigenvalue weighted by molar-refractivity contribution is -0.116. The summed E-state index contributed by atoms with van der Waals surface area (Å²) < 4.78 is 3.80. The number of nitrogens with zero attached hydrogens (tertiary/aromatic N) is 4. The molecule has 1 amide bonds. The first-order valence-corrected chi connectivity index (χ1v) is 8.52. The van der Waals surface area contributed by atoms with Gasteiger partial charge in [0.1, 0.15) is 5.65 Å². The SMILES string of the molecule is Cc1cc(C)n(CCCNC(=O)/C=C/c2c(Cl)nc3ccccn23)n1. The third-order valence-corrected chi connectivity index (χ3v) is 4.14. The van der Waals surface area contributed by atoms with E-state index in [1.165, 1.54) is 6.08 Å². The van der Waals surface area contributed by atoms with Crippen molar-refractivity contribution in [1.82, 2.24) is 24.5 Å². The van der Waals surface area contributed by atoms with Gasteiger partial charge >= 0.3 is 0 Å². The molecule has 7 heteroatoms. The summed E-state index contributed by atoms with van der Waals surface area (Å²) in [6.45, 7) is 5.37. The molecule has 25 heavy (non-hydrogen) atoms. The van der Waals surface area contributed by atoms with Crippen LogP contribution in [0.3, 0.4) is 0 Å². The molecule has 0 saturated carbocycles. The number of carbonyl (C=O) groups is 1. The Labute approximate surface area is 151 Å². The predicted molar refractivity (Wildman–Crippen MR) is 98.6 cm³/mol. The Hall–Kier alpha value is -2.60. The molecule has 0 radical (unpaired) electrons. The van der Waals surface area contributed by atoms with Gasteiger partial charge in [0.2, 0.25) is 5.91 Å². The summed E-state index contributed by atoms with van der Waals surface area (Å²) in [6.07, 6.45) is 5.84. The van der Waals surface area contributed by atoms with Crippen LogP contribution in [-0.2, 0) is 11.3 Å². The smallest absolute Gasteiger partial charge is 0.244 e. The average Bonchev–Trinajstić information content (AvgIpc) is 3.07. The van der Waals surface area contributed by atoms with Gasteiger partial charge in [-0.2, -0.15) is 5.10 Å². The van der Waals surface area contributed by atoms with E-state index in [9.17, 15) is 4.79 Å². The Morgan fingerprint density at radius 2 is 2.20 bits per heavy atom. The molecule has 3 rings (SSSR count). The van der Waals surface area contributed by atoms with Crippen LogP contribution in [-0.4, -0.2) is 31.6 Å². The first kappa shape index (κ1) is 17.2. The summed E-state index contributed by atoms with van der Waals surface area (Å²) in [5.74, 6) is -0.157. The maximum absolute atomic E-state index is 12.0. The van der Waals surface area contributed by atoms with Crippen molar-refractivity contribution in [3.8, 4) is 0 Å². The molecule has 0 bridgehead atoms. The quantitative estimate of drug-likeness (QED) is 0.544. The number of imidazole rings is 1. The fraction of sp³-hybridized carbons (Fsp3) is 0.278. The minimum absolute atomic E-state index is 0.157. The summed E-state index contributed by atoms with van der Waals surface area (Å²) in [7, 11) is 0. The lowest BCUT2D eigenvalue weighted by atomic mass is 10.3. The van der Waals surface area contributed by atoms with Gasteiger partial charge in [0.15, 0.2) is 5.15 Å². The number of aryl methyl sites for hydroxylation is 3. The van der Waals surface area contributed by atoms with Gasteiger partial charge in [-0.15, -0.1) is 0 Å². The first-order chi connectivity index (χ1) is 12.0. The Kier molecular flexibility index (Phi) is 5.19. The van der Waals surface area contributed by atoms with E-state index in [1.54, 1.807) is 6.08 Å². The number of rotatable bonds is 6. The summed E-state index contributed by atoms with van der Waals surface area (Å²) >= 11 is 6.14. The highest BCUT2D eigenvalue weighted by atomic mass is 35.5. The summed E-state index contributed by atoms with van der Waals surface area (Å²) in [5, 5.41) is 7.65. The number of aromatic nitrogens is 4. The van der Waals surface area contributed by atoms with Crippen molar-refractivity contribution in [1.29, 1.82) is 0 Å². The van der Waals surface area contributed by atoms with E-state index in [4.69, 9.17) is 11.6 Å². The molecule has 0 saturated heterocycles. The van der Waals surface area contributed by atoms with E-state index < -0.39 is 0 Å². The Bertz CT molecular complexity index is 925. The fourth-order valence-corrected chi connectivity index (χ4v) is 2.93. The molecule has 6 nitrogen and oxygen atoms in total. The normalized spacial score (nSPS) is 11.5. The molecule has 0 aromatic carbocycles. The van der Waals surface area contributed by atoms with Crippen LogP contribution in [0.15, 0.2) is 36.5 Å². The second-order valence-corrected chi connectivity index (χ2v) is 6.20. The van der Waals surface area contributed by atoms with Crippen molar-refractivity contribution in [2.24, 2.45) is 0 Å². The lowest BCUT2D eigenvalue weighted by Gasteiger charge is -2.05. The average molecular weight is 358 g/mol. The number of fused-ring (bicyclic) bond motifs is 1. The molecule has 0 aliphatic carbocycles. The van der Waals surface area contributed by atoms with E-state index in [0.29, 0.717) is 17.4 Å². The van der Waals surface area contributed by atoms with Crippen molar-refractivity contribution in [3.63, 3.8) is 0 Å².